The molecule has 5 aromatic rings. The Morgan fingerprint density at radius 3 is 1.71 bits per heavy atom. The Balaban J connectivity index is 0.967. The van der Waals surface area contributed by atoms with Gasteiger partial charge in [-0.25, -0.2) is 10.1 Å². The summed E-state index contributed by atoms with van der Waals surface area (Å²) in [4.78, 5) is 55.7. The molecule has 0 spiro atoms. The summed E-state index contributed by atoms with van der Waals surface area (Å²) in [6.07, 6.45) is 0.844. The Hall–Kier alpha value is -7.33. The van der Waals surface area contributed by atoms with Crippen molar-refractivity contribution in [2.45, 2.75) is 18.9 Å². The van der Waals surface area contributed by atoms with Gasteiger partial charge in [0.25, 0.3) is 17.7 Å². The number of amides is 4. The number of hydrogen-bond acceptors (Lipinski definition) is 11. The number of primary amides is 2. The molecule has 56 heavy (non-hydrogen) atoms. The largest absolute Gasteiger partial charge is 0.497 e. The van der Waals surface area contributed by atoms with Crippen molar-refractivity contribution in [3.63, 3.8) is 0 Å². The molecular weight excluding hydrogens is 717 g/mol. The van der Waals surface area contributed by atoms with Crippen molar-refractivity contribution in [1.82, 2.24) is 15.2 Å². The fourth-order valence-corrected chi connectivity index (χ4v) is 7.15. The van der Waals surface area contributed by atoms with E-state index in [2.05, 4.69) is 20.8 Å². The summed E-state index contributed by atoms with van der Waals surface area (Å²) in [5.41, 5.74) is 20.0. The van der Waals surface area contributed by atoms with Gasteiger partial charge in [0, 0.05) is 30.0 Å². The number of carbonyl (C=O) groups excluding carboxylic acids is 4. The van der Waals surface area contributed by atoms with Gasteiger partial charge in [-0.1, -0.05) is 0 Å². The predicted molar refractivity (Wildman–Crippen MR) is 207 cm³/mol. The molecule has 4 aromatic carbocycles. The van der Waals surface area contributed by atoms with Crippen LogP contribution in [0.2, 0.25) is 0 Å². The highest BCUT2D eigenvalue weighted by atomic mass is 16.5. The Bertz CT molecular complexity index is 2420. The lowest BCUT2D eigenvalue weighted by Gasteiger charge is -2.31. The zero-order chi connectivity index (χ0) is 39.1. The summed E-state index contributed by atoms with van der Waals surface area (Å²) >= 11 is 0. The second-order valence-corrected chi connectivity index (χ2v) is 13.2. The van der Waals surface area contributed by atoms with Gasteiger partial charge in [-0.05, 0) is 115 Å². The van der Waals surface area contributed by atoms with E-state index in [0.29, 0.717) is 88.4 Å². The second kappa shape index (κ2) is 14.5. The lowest BCUT2D eigenvalue weighted by molar-refractivity contribution is -0.119. The number of hydrazine groups is 1. The Morgan fingerprint density at radius 2 is 1.20 bits per heavy atom. The number of aromatic nitrogens is 2. The van der Waals surface area contributed by atoms with Crippen molar-refractivity contribution in [1.29, 1.82) is 0 Å². The van der Waals surface area contributed by atoms with Crippen LogP contribution in [-0.4, -0.2) is 66.8 Å². The third-order valence-corrected chi connectivity index (χ3v) is 9.97. The molecule has 1 unspecified atom stereocenters. The highest BCUT2D eigenvalue weighted by molar-refractivity contribution is 6.11. The van der Waals surface area contributed by atoms with Gasteiger partial charge in [0.15, 0.2) is 5.69 Å². The molecule has 5 N–H and O–H groups in total. The van der Waals surface area contributed by atoms with Crippen molar-refractivity contribution in [2.75, 3.05) is 42.1 Å². The standard InChI is InChI=1S/C40H36N10O6/c1-55-29-15-11-27(12-16-29)49-35-31(33(45-49)37(41)51)19-21-47(39(35)53)25-7-3-23(4-8-25)43-44-24-5-9-26(10-6-24)48-22-20-32-34(38(42)52)46-50(36(32)40(48)54)28-13-17-30(56-2)18-14-28/h3-18,33,45H,19-22H2,1-2H3,(H2,41,51)(H2,42,52). The summed E-state index contributed by atoms with van der Waals surface area (Å²) in [6, 6.07) is 27.5. The molecule has 1 atom stereocenters. The molecule has 4 heterocycles. The third kappa shape index (κ3) is 6.36. The van der Waals surface area contributed by atoms with Gasteiger partial charge in [0.2, 0.25) is 5.91 Å². The quantitative estimate of drug-likeness (QED) is 0.172. The van der Waals surface area contributed by atoms with Crippen molar-refractivity contribution >= 4 is 52.1 Å². The number of benzene rings is 4. The van der Waals surface area contributed by atoms with Crippen molar-refractivity contribution in [2.24, 2.45) is 21.7 Å². The molecule has 0 saturated heterocycles. The van der Waals surface area contributed by atoms with Crippen LogP contribution in [0, 0.1) is 0 Å². The van der Waals surface area contributed by atoms with Crippen molar-refractivity contribution in [3.05, 3.63) is 125 Å². The average Bonchev–Trinajstić information content (AvgIpc) is 3.82. The first-order valence-electron chi connectivity index (χ1n) is 17.7. The number of anilines is 3. The molecule has 0 saturated carbocycles. The minimum Gasteiger partial charge on any atom is -0.497 e. The second-order valence-electron chi connectivity index (χ2n) is 13.2. The minimum absolute atomic E-state index is 0.0718. The van der Waals surface area contributed by atoms with Gasteiger partial charge in [0.1, 0.15) is 28.9 Å². The predicted octanol–water partition coefficient (Wildman–Crippen LogP) is 4.48. The number of fused-ring (bicyclic) bond motifs is 1. The van der Waals surface area contributed by atoms with E-state index in [4.69, 9.17) is 20.9 Å². The maximum Gasteiger partial charge on any atom is 0.277 e. The monoisotopic (exact) mass is 752 g/mol. The van der Waals surface area contributed by atoms with Gasteiger partial charge in [-0.15, -0.1) is 0 Å². The van der Waals surface area contributed by atoms with Crippen LogP contribution < -0.4 is 41.2 Å². The van der Waals surface area contributed by atoms with Crippen LogP contribution in [0.5, 0.6) is 11.5 Å². The van der Waals surface area contributed by atoms with E-state index >= 15 is 0 Å². The number of nitrogens with one attached hydrogen (secondary N) is 1. The average molecular weight is 753 g/mol. The Kier molecular flexibility index (Phi) is 9.23. The van der Waals surface area contributed by atoms with Crippen LogP contribution >= 0.6 is 0 Å². The number of rotatable bonds is 10. The molecule has 16 heteroatoms. The first kappa shape index (κ1) is 35.7. The van der Waals surface area contributed by atoms with Gasteiger partial charge < -0.3 is 30.7 Å². The smallest absolute Gasteiger partial charge is 0.277 e. The molecule has 4 amide bonds. The topological polar surface area (TPSA) is 203 Å². The molecule has 0 fully saturated rings. The van der Waals surface area contributed by atoms with Crippen LogP contribution in [0.4, 0.5) is 28.4 Å². The molecule has 1 aromatic heterocycles. The van der Waals surface area contributed by atoms with Gasteiger partial charge >= 0.3 is 0 Å². The zero-order valence-corrected chi connectivity index (χ0v) is 30.4. The van der Waals surface area contributed by atoms with E-state index in [1.807, 2.05) is 0 Å². The fraction of sp³-hybridized carbons (Fsp3) is 0.175. The lowest BCUT2D eigenvalue weighted by Crippen LogP contribution is -2.45. The van der Waals surface area contributed by atoms with E-state index in [0.717, 1.165) is 0 Å². The number of nitrogens with two attached hydrogens (primary N) is 2. The maximum atomic E-state index is 13.9. The van der Waals surface area contributed by atoms with E-state index < -0.39 is 17.9 Å². The molecule has 0 bridgehead atoms. The SMILES string of the molecule is COc1ccc(N2NC(C(N)=O)C3=C2C(=O)N(c2ccc(N=Nc4ccc(N5CCc6c(C(N)=O)nn(-c7ccc(OC)cc7)c6C5=O)cc4)cc2)CC3)cc1. The molecule has 282 valence electrons. The highest BCUT2D eigenvalue weighted by Crippen LogP contribution is 2.36. The minimum atomic E-state index is -0.797. The summed E-state index contributed by atoms with van der Waals surface area (Å²) in [7, 11) is 3.13. The first-order chi connectivity index (χ1) is 27.1. The first-order valence-corrected chi connectivity index (χ1v) is 17.7. The molecule has 8 rings (SSSR count). The zero-order valence-electron chi connectivity index (χ0n) is 30.4. The molecular formula is C40H36N10O6. The number of azo groups is 1. The summed E-state index contributed by atoms with van der Waals surface area (Å²) in [6.45, 7) is 0.692. The normalized spacial score (nSPS) is 16.7. The maximum absolute atomic E-state index is 13.9. The highest BCUT2D eigenvalue weighted by Gasteiger charge is 2.43. The van der Waals surface area contributed by atoms with E-state index in [9.17, 15) is 19.2 Å². The Morgan fingerprint density at radius 1 is 0.696 bits per heavy atom. The number of hydrogen-bond donors (Lipinski definition) is 3. The molecule has 16 nitrogen and oxygen atoms in total. The molecule has 0 aliphatic carbocycles. The van der Waals surface area contributed by atoms with E-state index in [-0.39, 0.29) is 23.2 Å². The van der Waals surface area contributed by atoms with Crippen LogP contribution in [0.25, 0.3) is 5.69 Å². The van der Waals surface area contributed by atoms with E-state index in [1.54, 1.807) is 126 Å². The molecule has 3 aliphatic heterocycles. The molecule has 0 radical (unpaired) electrons. The van der Waals surface area contributed by atoms with Gasteiger partial charge in [-0.2, -0.15) is 15.3 Å². The summed E-state index contributed by atoms with van der Waals surface area (Å²) in [5.74, 6) is -0.554. The summed E-state index contributed by atoms with van der Waals surface area (Å²) < 4.78 is 12.0. The molecule has 3 aliphatic rings. The number of carbonyl (C=O) groups is 4. The van der Waals surface area contributed by atoms with Crippen LogP contribution in [0.1, 0.15) is 33.0 Å². The van der Waals surface area contributed by atoms with Crippen LogP contribution in [0.15, 0.2) is 119 Å². The summed E-state index contributed by atoms with van der Waals surface area (Å²) in [5, 5.41) is 14.8. The van der Waals surface area contributed by atoms with Gasteiger partial charge in [-0.3, -0.25) is 24.2 Å². The van der Waals surface area contributed by atoms with Crippen LogP contribution in [0.3, 0.4) is 0 Å². The van der Waals surface area contributed by atoms with Crippen molar-refractivity contribution in [3.8, 4) is 17.2 Å². The van der Waals surface area contributed by atoms with Gasteiger partial charge in [0.05, 0.1) is 37.0 Å². The number of methoxy groups -OCH3 is 2. The van der Waals surface area contributed by atoms with Crippen LogP contribution in [-0.2, 0) is 16.0 Å². The van der Waals surface area contributed by atoms with E-state index in [1.165, 1.54) is 4.68 Å². The number of ether oxygens (including phenoxy) is 2. The number of nitrogens with zero attached hydrogens (tertiary/aromatic N) is 7. The Labute approximate surface area is 320 Å². The fourth-order valence-electron chi connectivity index (χ4n) is 7.15. The van der Waals surface area contributed by atoms with Crippen molar-refractivity contribution < 1.29 is 28.7 Å². The third-order valence-electron chi connectivity index (χ3n) is 9.97. The lowest BCUT2D eigenvalue weighted by atomic mass is 9.98.